The number of hydrogen-bond donors (Lipinski definition) is 1. The van der Waals surface area contributed by atoms with Gasteiger partial charge >= 0.3 is 0 Å². The van der Waals surface area contributed by atoms with Gasteiger partial charge in [0, 0.05) is 44.6 Å². The Labute approximate surface area is 138 Å². The van der Waals surface area contributed by atoms with Crippen LogP contribution in [0.4, 0.5) is 5.95 Å². The SMILES string of the molecule is O=S(=O)(N[C@@H]1CCCN(c2ncccn2)C1)N1CCCCCC1. The first-order valence-electron chi connectivity index (χ1n) is 8.44. The van der Waals surface area contributed by atoms with Gasteiger partial charge in [-0.25, -0.2) is 9.97 Å². The van der Waals surface area contributed by atoms with E-state index in [1.54, 1.807) is 22.8 Å². The quantitative estimate of drug-likeness (QED) is 0.890. The summed E-state index contributed by atoms with van der Waals surface area (Å²) in [5.74, 6) is 0.672. The molecule has 0 radical (unpaired) electrons. The molecule has 1 N–H and O–H groups in total. The first-order chi connectivity index (χ1) is 11.1. The molecule has 7 nitrogen and oxygen atoms in total. The summed E-state index contributed by atoms with van der Waals surface area (Å²) >= 11 is 0. The molecule has 0 unspecified atom stereocenters. The summed E-state index contributed by atoms with van der Waals surface area (Å²) < 4.78 is 29.7. The van der Waals surface area contributed by atoms with E-state index < -0.39 is 10.2 Å². The van der Waals surface area contributed by atoms with Gasteiger partial charge in [0.25, 0.3) is 10.2 Å². The van der Waals surface area contributed by atoms with E-state index in [4.69, 9.17) is 0 Å². The van der Waals surface area contributed by atoms with Crippen LogP contribution in [0.15, 0.2) is 18.5 Å². The number of rotatable bonds is 4. The lowest BCUT2D eigenvalue weighted by Gasteiger charge is -2.34. The fraction of sp³-hybridized carbons (Fsp3) is 0.733. The first kappa shape index (κ1) is 16.6. The van der Waals surface area contributed by atoms with Crippen LogP contribution in [0.25, 0.3) is 0 Å². The number of aromatic nitrogens is 2. The van der Waals surface area contributed by atoms with E-state index in [-0.39, 0.29) is 6.04 Å². The van der Waals surface area contributed by atoms with Gasteiger partial charge in [-0.2, -0.15) is 17.4 Å². The Bertz CT molecular complexity index is 587. The zero-order chi connectivity index (χ0) is 16.1. The maximum atomic E-state index is 12.6. The van der Waals surface area contributed by atoms with Crippen LogP contribution >= 0.6 is 0 Å². The average Bonchev–Trinajstić information content (AvgIpc) is 2.85. The molecule has 2 saturated heterocycles. The molecule has 0 bridgehead atoms. The number of nitrogens with one attached hydrogen (secondary N) is 1. The summed E-state index contributed by atoms with van der Waals surface area (Å²) in [4.78, 5) is 10.6. The molecule has 0 spiro atoms. The third kappa shape index (κ3) is 4.39. The van der Waals surface area contributed by atoms with Crippen LogP contribution in [-0.4, -0.2) is 54.9 Å². The molecular weight excluding hydrogens is 314 g/mol. The smallest absolute Gasteiger partial charge is 0.279 e. The predicted octanol–water partition coefficient (Wildman–Crippen LogP) is 1.16. The van der Waals surface area contributed by atoms with Gasteiger partial charge in [0.15, 0.2) is 0 Å². The molecular formula is C15H25N5O2S. The van der Waals surface area contributed by atoms with Crippen LogP contribution in [-0.2, 0) is 10.2 Å². The number of anilines is 1. The van der Waals surface area contributed by atoms with E-state index >= 15 is 0 Å². The maximum Gasteiger partial charge on any atom is 0.279 e. The molecule has 3 heterocycles. The zero-order valence-corrected chi connectivity index (χ0v) is 14.2. The lowest BCUT2D eigenvalue weighted by atomic mass is 10.1. The summed E-state index contributed by atoms with van der Waals surface area (Å²) in [7, 11) is -3.40. The fourth-order valence-corrected chi connectivity index (χ4v) is 4.78. The molecule has 2 fully saturated rings. The van der Waals surface area contributed by atoms with Crippen molar-refractivity contribution in [3.63, 3.8) is 0 Å². The van der Waals surface area contributed by atoms with Crippen LogP contribution in [0.3, 0.4) is 0 Å². The lowest BCUT2D eigenvalue weighted by molar-refractivity contribution is 0.394. The number of hydrogen-bond acceptors (Lipinski definition) is 5. The van der Waals surface area contributed by atoms with E-state index in [1.165, 1.54) is 0 Å². The van der Waals surface area contributed by atoms with E-state index in [1.807, 2.05) is 0 Å². The zero-order valence-electron chi connectivity index (χ0n) is 13.4. The van der Waals surface area contributed by atoms with Gasteiger partial charge in [0.2, 0.25) is 5.95 Å². The molecule has 3 rings (SSSR count). The predicted molar refractivity (Wildman–Crippen MR) is 89.4 cm³/mol. The van der Waals surface area contributed by atoms with Gasteiger partial charge in [-0.15, -0.1) is 0 Å². The fourth-order valence-electron chi connectivity index (χ4n) is 3.28. The Morgan fingerprint density at radius 1 is 1.00 bits per heavy atom. The van der Waals surface area contributed by atoms with Crippen molar-refractivity contribution in [3.05, 3.63) is 18.5 Å². The summed E-state index contributed by atoms with van der Waals surface area (Å²) in [5.41, 5.74) is 0. The van der Waals surface area contributed by atoms with Crippen molar-refractivity contribution in [2.24, 2.45) is 0 Å². The summed E-state index contributed by atoms with van der Waals surface area (Å²) in [6.45, 7) is 2.75. The maximum absolute atomic E-state index is 12.6. The van der Waals surface area contributed by atoms with Gasteiger partial charge < -0.3 is 4.90 Å². The minimum atomic E-state index is -3.40. The van der Waals surface area contributed by atoms with Crippen molar-refractivity contribution < 1.29 is 8.42 Å². The highest BCUT2D eigenvalue weighted by molar-refractivity contribution is 7.87. The molecule has 0 aliphatic carbocycles. The molecule has 2 aliphatic heterocycles. The molecule has 1 aromatic heterocycles. The Hall–Kier alpha value is -1.25. The van der Waals surface area contributed by atoms with Crippen molar-refractivity contribution in [1.82, 2.24) is 19.0 Å². The molecule has 0 amide bonds. The highest BCUT2D eigenvalue weighted by atomic mass is 32.2. The lowest BCUT2D eigenvalue weighted by Crippen LogP contribution is -2.52. The molecule has 23 heavy (non-hydrogen) atoms. The van der Waals surface area contributed by atoms with E-state index in [9.17, 15) is 8.42 Å². The molecule has 1 atom stereocenters. The normalized spacial score (nSPS) is 24.3. The first-order valence-corrected chi connectivity index (χ1v) is 9.88. The van der Waals surface area contributed by atoms with Crippen molar-refractivity contribution in [1.29, 1.82) is 0 Å². The van der Waals surface area contributed by atoms with Crippen molar-refractivity contribution in [3.8, 4) is 0 Å². The summed E-state index contributed by atoms with van der Waals surface area (Å²) in [5, 5.41) is 0. The van der Waals surface area contributed by atoms with E-state index in [0.717, 1.165) is 45.1 Å². The Morgan fingerprint density at radius 3 is 2.39 bits per heavy atom. The van der Waals surface area contributed by atoms with Crippen molar-refractivity contribution in [2.45, 2.75) is 44.6 Å². The molecule has 1 aromatic rings. The Morgan fingerprint density at radius 2 is 1.70 bits per heavy atom. The monoisotopic (exact) mass is 339 g/mol. The van der Waals surface area contributed by atoms with Crippen molar-refractivity contribution >= 4 is 16.2 Å². The van der Waals surface area contributed by atoms with Crippen LogP contribution in [0.1, 0.15) is 38.5 Å². The van der Waals surface area contributed by atoms with Gasteiger partial charge in [-0.3, -0.25) is 0 Å². The second-order valence-electron chi connectivity index (χ2n) is 6.27. The molecule has 2 aliphatic rings. The van der Waals surface area contributed by atoms with Gasteiger partial charge in [0.1, 0.15) is 0 Å². The van der Waals surface area contributed by atoms with Gasteiger partial charge in [-0.05, 0) is 31.7 Å². The van der Waals surface area contributed by atoms with Gasteiger partial charge in [0.05, 0.1) is 0 Å². The third-order valence-electron chi connectivity index (χ3n) is 4.48. The number of piperidine rings is 1. The highest BCUT2D eigenvalue weighted by Crippen LogP contribution is 2.18. The van der Waals surface area contributed by atoms with Crippen LogP contribution in [0.5, 0.6) is 0 Å². The largest absolute Gasteiger partial charge is 0.339 e. The third-order valence-corrected chi connectivity index (χ3v) is 6.15. The Kier molecular flexibility index (Phi) is 5.45. The van der Waals surface area contributed by atoms with E-state index in [0.29, 0.717) is 25.6 Å². The van der Waals surface area contributed by atoms with Crippen LogP contribution in [0, 0.1) is 0 Å². The second kappa shape index (κ2) is 7.55. The minimum absolute atomic E-state index is 0.0826. The summed E-state index contributed by atoms with van der Waals surface area (Å²) in [6, 6.07) is 1.70. The topological polar surface area (TPSA) is 78.4 Å². The average molecular weight is 339 g/mol. The number of nitrogens with zero attached hydrogens (tertiary/aromatic N) is 4. The highest BCUT2D eigenvalue weighted by Gasteiger charge is 2.29. The minimum Gasteiger partial charge on any atom is -0.339 e. The molecule has 0 saturated carbocycles. The van der Waals surface area contributed by atoms with Gasteiger partial charge in [-0.1, -0.05) is 12.8 Å². The van der Waals surface area contributed by atoms with E-state index in [2.05, 4.69) is 19.6 Å². The summed E-state index contributed by atoms with van der Waals surface area (Å²) in [6.07, 6.45) is 9.37. The standard InChI is InChI=1S/C15H25N5O2S/c21-23(22,20-11-3-1-2-4-12-20)18-14-7-5-10-19(13-14)15-16-8-6-9-17-15/h6,8-9,14,18H,1-5,7,10-13H2/t14-/m1/s1. The second-order valence-corrected chi connectivity index (χ2v) is 7.97. The molecule has 128 valence electrons. The van der Waals surface area contributed by atoms with Crippen molar-refractivity contribution in [2.75, 3.05) is 31.1 Å². The van der Waals surface area contributed by atoms with Crippen LogP contribution in [0.2, 0.25) is 0 Å². The molecule has 8 heteroatoms. The van der Waals surface area contributed by atoms with Crippen LogP contribution < -0.4 is 9.62 Å². The Balaban J connectivity index is 1.62. The molecule has 0 aromatic carbocycles.